The first-order valence-electron chi connectivity index (χ1n) is 10.3. The quantitative estimate of drug-likeness (QED) is 0.569. The number of carbonyl (C=O) groups excluding carboxylic acids is 1. The van der Waals surface area contributed by atoms with Crippen LogP contribution in [0.1, 0.15) is 47.2 Å². The molecule has 1 aliphatic carbocycles. The normalized spacial score (nSPS) is 14.8. The van der Waals surface area contributed by atoms with Crippen LogP contribution < -0.4 is 10.1 Å². The Morgan fingerprint density at radius 1 is 1.16 bits per heavy atom. The van der Waals surface area contributed by atoms with Crippen molar-refractivity contribution in [1.29, 1.82) is 0 Å². The molecule has 1 heterocycles. The average molecular weight is 444 g/mol. The minimum atomic E-state index is -4.41. The third-order valence-corrected chi connectivity index (χ3v) is 5.23. The molecule has 32 heavy (non-hydrogen) atoms. The van der Waals surface area contributed by atoms with Gasteiger partial charge in [0.25, 0.3) is 0 Å². The summed E-state index contributed by atoms with van der Waals surface area (Å²) < 4.78 is 43.4. The van der Waals surface area contributed by atoms with Gasteiger partial charge in [0.05, 0.1) is 18.7 Å². The van der Waals surface area contributed by atoms with Crippen LogP contribution in [0.2, 0.25) is 0 Å². The first-order valence-corrected chi connectivity index (χ1v) is 10.3. The smallest absolute Gasteiger partial charge is 0.422 e. The lowest BCUT2D eigenvalue weighted by atomic mass is 10.0. The molecular formula is C23H23F3N4O2. The molecule has 1 amide bonds. The van der Waals surface area contributed by atoms with E-state index < -0.39 is 18.8 Å². The van der Waals surface area contributed by atoms with Crippen molar-refractivity contribution < 1.29 is 22.7 Å². The van der Waals surface area contributed by atoms with Crippen molar-refractivity contribution in [2.24, 2.45) is 7.05 Å². The average Bonchev–Trinajstić information content (AvgIpc) is 3.52. The first-order chi connectivity index (χ1) is 15.3. The van der Waals surface area contributed by atoms with E-state index >= 15 is 0 Å². The van der Waals surface area contributed by atoms with Crippen molar-refractivity contribution in [2.75, 3.05) is 6.61 Å². The van der Waals surface area contributed by atoms with Crippen molar-refractivity contribution in [3.05, 3.63) is 77.1 Å². The zero-order valence-electron chi connectivity index (χ0n) is 17.5. The minimum absolute atomic E-state index is 0.0889. The highest BCUT2D eigenvalue weighted by Crippen LogP contribution is 2.39. The number of amides is 1. The van der Waals surface area contributed by atoms with Crippen molar-refractivity contribution in [3.63, 3.8) is 0 Å². The molecule has 0 bridgehead atoms. The van der Waals surface area contributed by atoms with E-state index in [1.54, 1.807) is 25.4 Å². The van der Waals surface area contributed by atoms with Gasteiger partial charge in [-0.15, -0.1) is 5.10 Å². The summed E-state index contributed by atoms with van der Waals surface area (Å²) in [6, 6.07) is 13.6. The van der Waals surface area contributed by atoms with Crippen molar-refractivity contribution in [2.45, 2.75) is 37.4 Å². The second kappa shape index (κ2) is 9.02. The summed E-state index contributed by atoms with van der Waals surface area (Å²) in [6.45, 7) is -1.36. The van der Waals surface area contributed by atoms with Gasteiger partial charge in [0.15, 0.2) is 6.61 Å². The zero-order chi connectivity index (χ0) is 22.7. The van der Waals surface area contributed by atoms with Crippen LogP contribution in [-0.2, 0) is 18.3 Å². The molecule has 1 aromatic heterocycles. The van der Waals surface area contributed by atoms with E-state index in [1.165, 1.54) is 35.2 Å². The third kappa shape index (κ3) is 5.87. The van der Waals surface area contributed by atoms with Gasteiger partial charge in [-0.3, -0.25) is 9.48 Å². The number of hydrogen-bond acceptors (Lipinski definition) is 4. The van der Waals surface area contributed by atoms with E-state index in [0.717, 1.165) is 5.56 Å². The lowest BCUT2D eigenvalue weighted by Crippen LogP contribution is -2.31. The van der Waals surface area contributed by atoms with Gasteiger partial charge >= 0.3 is 6.18 Å². The molecule has 4 rings (SSSR count). The van der Waals surface area contributed by atoms with Gasteiger partial charge < -0.3 is 10.1 Å². The van der Waals surface area contributed by atoms with Crippen molar-refractivity contribution >= 4 is 5.91 Å². The lowest BCUT2D eigenvalue weighted by Gasteiger charge is -2.18. The number of nitrogens with one attached hydrogen (secondary N) is 1. The maximum absolute atomic E-state index is 12.8. The largest absolute Gasteiger partial charge is 0.484 e. The Labute approximate surface area is 183 Å². The Morgan fingerprint density at radius 3 is 2.41 bits per heavy atom. The Hall–Kier alpha value is -3.36. The molecular weight excluding hydrogens is 421 g/mol. The molecule has 0 radical (unpaired) electrons. The van der Waals surface area contributed by atoms with Gasteiger partial charge in [0, 0.05) is 7.05 Å². The number of ether oxygens (including phenoxy) is 1. The fourth-order valence-corrected chi connectivity index (χ4v) is 3.47. The van der Waals surface area contributed by atoms with E-state index in [-0.39, 0.29) is 18.1 Å². The number of carbonyl (C=O) groups is 1. The van der Waals surface area contributed by atoms with Crippen molar-refractivity contribution in [3.8, 4) is 5.75 Å². The summed E-state index contributed by atoms with van der Waals surface area (Å²) in [4.78, 5) is 12.8. The third-order valence-electron chi connectivity index (χ3n) is 5.23. The summed E-state index contributed by atoms with van der Waals surface area (Å²) in [7, 11) is 1.71. The number of aromatic nitrogens is 3. The number of nitrogens with zero attached hydrogens (tertiary/aromatic N) is 3. The highest BCUT2D eigenvalue weighted by molar-refractivity contribution is 5.79. The van der Waals surface area contributed by atoms with E-state index in [9.17, 15) is 18.0 Å². The van der Waals surface area contributed by atoms with Gasteiger partial charge in [0.2, 0.25) is 5.91 Å². The molecule has 2 aromatic carbocycles. The summed E-state index contributed by atoms with van der Waals surface area (Å²) in [6.07, 6.45) is -0.0804. The standard InChI is InChI=1S/C23H23F3N4O2/c1-30-13-20(28-29-30)22(18-8-10-19(11-9-18)32-14-23(24,25)26)27-21(31)12-15-2-4-16(5-3-15)17-6-7-17/h2-5,8-11,13,17,22H,6-7,12,14H2,1H3,(H,27,31)/t22-/m0/s1. The van der Waals surface area contributed by atoms with Gasteiger partial charge in [-0.05, 0) is 47.6 Å². The van der Waals surface area contributed by atoms with Crippen LogP contribution >= 0.6 is 0 Å². The molecule has 0 unspecified atom stereocenters. The number of alkyl halides is 3. The fourth-order valence-electron chi connectivity index (χ4n) is 3.47. The Bertz CT molecular complexity index is 1060. The maximum atomic E-state index is 12.8. The van der Waals surface area contributed by atoms with E-state index in [2.05, 4.69) is 27.8 Å². The molecule has 1 N–H and O–H groups in total. The molecule has 3 aromatic rings. The van der Waals surface area contributed by atoms with Gasteiger partial charge in [0.1, 0.15) is 11.4 Å². The number of benzene rings is 2. The van der Waals surface area contributed by atoms with Gasteiger partial charge in [-0.25, -0.2) is 0 Å². The van der Waals surface area contributed by atoms with E-state index in [0.29, 0.717) is 17.2 Å². The molecule has 6 nitrogen and oxygen atoms in total. The summed E-state index contributed by atoms with van der Waals surface area (Å²) in [5.41, 5.74) is 3.39. The van der Waals surface area contributed by atoms with E-state index in [1.807, 2.05) is 12.1 Å². The Morgan fingerprint density at radius 2 is 1.84 bits per heavy atom. The molecule has 0 aliphatic heterocycles. The van der Waals surface area contributed by atoms with Crippen LogP contribution in [0, 0.1) is 0 Å². The molecule has 1 atom stereocenters. The Balaban J connectivity index is 1.46. The molecule has 1 aliphatic rings. The summed E-state index contributed by atoms with van der Waals surface area (Å²) in [5, 5.41) is 11.0. The van der Waals surface area contributed by atoms with Crippen LogP contribution in [0.25, 0.3) is 0 Å². The molecule has 0 saturated heterocycles. The number of rotatable bonds is 8. The maximum Gasteiger partial charge on any atom is 0.422 e. The van der Waals surface area contributed by atoms with E-state index in [4.69, 9.17) is 4.74 Å². The van der Waals surface area contributed by atoms with Crippen LogP contribution in [0.4, 0.5) is 13.2 Å². The highest BCUT2D eigenvalue weighted by Gasteiger charge is 2.28. The summed E-state index contributed by atoms with van der Waals surface area (Å²) >= 11 is 0. The predicted molar refractivity (Wildman–Crippen MR) is 111 cm³/mol. The predicted octanol–water partition coefficient (Wildman–Crippen LogP) is 4.08. The first kappa shape index (κ1) is 21.9. The topological polar surface area (TPSA) is 69.0 Å². The van der Waals surface area contributed by atoms with Gasteiger partial charge in [-0.1, -0.05) is 41.6 Å². The lowest BCUT2D eigenvalue weighted by molar-refractivity contribution is -0.153. The van der Waals surface area contributed by atoms with Crippen LogP contribution in [0.5, 0.6) is 5.75 Å². The number of hydrogen-bond donors (Lipinski definition) is 1. The van der Waals surface area contributed by atoms with Crippen molar-refractivity contribution in [1.82, 2.24) is 20.3 Å². The molecule has 168 valence electrons. The molecule has 1 saturated carbocycles. The van der Waals surface area contributed by atoms with Gasteiger partial charge in [-0.2, -0.15) is 13.2 Å². The monoisotopic (exact) mass is 444 g/mol. The number of aryl methyl sites for hydroxylation is 1. The van der Waals surface area contributed by atoms with Crippen LogP contribution in [-0.4, -0.2) is 33.7 Å². The fraction of sp³-hybridized carbons (Fsp3) is 0.348. The highest BCUT2D eigenvalue weighted by atomic mass is 19.4. The summed E-state index contributed by atoms with van der Waals surface area (Å²) in [5.74, 6) is 0.547. The minimum Gasteiger partial charge on any atom is -0.484 e. The van der Waals surface area contributed by atoms with Crippen LogP contribution in [0.3, 0.4) is 0 Å². The van der Waals surface area contributed by atoms with Crippen LogP contribution in [0.15, 0.2) is 54.7 Å². The SMILES string of the molecule is Cn1cc([C@@H](NC(=O)Cc2ccc(C3CC3)cc2)c2ccc(OCC(F)(F)F)cc2)nn1. The second-order valence-corrected chi connectivity index (χ2v) is 7.98. The molecule has 1 fully saturated rings. The number of halogens is 3. The second-order valence-electron chi connectivity index (χ2n) is 7.98. The Kier molecular flexibility index (Phi) is 6.16. The molecule has 9 heteroatoms. The zero-order valence-corrected chi connectivity index (χ0v) is 17.5. The molecule has 0 spiro atoms.